The Morgan fingerprint density at radius 2 is 2.03 bits per heavy atom. The first-order valence-corrected chi connectivity index (χ1v) is 11.9. The van der Waals surface area contributed by atoms with Gasteiger partial charge in [0.1, 0.15) is 21.9 Å². The van der Waals surface area contributed by atoms with E-state index in [1.54, 1.807) is 18.3 Å². The summed E-state index contributed by atoms with van der Waals surface area (Å²) >= 11 is 1.28. The molecule has 1 unspecified atom stereocenters. The van der Waals surface area contributed by atoms with Crippen LogP contribution in [0.4, 0.5) is 22.0 Å². The minimum atomic E-state index is -0.385. The SMILES string of the molecule is O=C(NC1CCCNC1)c1sc2nccc3c2c1NC(=O)N3c1cc(-c2ccccc2)ncn1. The van der Waals surface area contributed by atoms with Gasteiger partial charge in [-0.2, -0.15) is 0 Å². The van der Waals surface area contributed by atoms with Crippen molar-refractivity contribution in [1.82, 2.24) is 25.6 Å². The second-order valence-electron chi connectivity index (χ2n) is 8.23. The molecule has 3 N–H and O–H groups in total. The Morgan fingerprint density at radius 1 is 1.15 bits per heavy atom. The molecule has 5 heterocycles. The zero-order valence-electron chi connectivity index (χ0n) is 18.1. The van der Waals surface area contributed by atoms with Crippen molar-refractivity contribution in [3.05, 3.63) is 59.9 Å². The van der Waals surface area contributed by atoms with Gasteiger partial charge >= 0.3 is 6.03 Å². The Hall–Kier alpha value is -3.89. The molecule has 0 bridgehead atoms. The van der Waals surface area contributed by atoms with E-state index in [4.69, 9.17) is 0 Å². The molecule has 0 aliphatic carbocycles. The van der Waals surface area contributed by atoms with Crippen molar-refractivity contribution in [3.63, 3.8) is 0 Å². The van der Waals surface area contributed by atoms with E-state index in [1.807, 2.05) is 30.3 Å². The average molecular weight is 472 g/mol. The average Bonchev–Trinajstić information content (AvgIpc) is 3.25. The number of carbonyl (C=O) groups is 2. The van der Waals surface area contributed by atoms with E-state index >= 15 is 0 Å². The van der Waals surface area contributed by atoms with Gasteiger partial charge in [0.15, 0.2) is 0 Å². The summed E-state index contributed by atoms with van der Waals surface area (Å²) in [6.07, 6.45) is 5.05. The predicted octanol–water partition coefficient (Wildman–Crippen LogP) is 3.92. The maximum absolute atomic E-state index is 13.3. The highest BCUT2D eigenvalue weighted by molar-refractivity contribution is 7.21. The fourth-order valence-corrected chi connectivity index (χ4v) is 5.46. The number of piperidine rings is 1. The molecular formula is C24H21N7O2S. The summed E-state index contributed by atoms with van der Waals surface area (Å²) in [5, 5.41) is 10.1. The van der Waals surface area contributed by atoms with Crippen LogP contribution in [-0.4, -0.2) is 46.0 Å². The first-order valence-electron chi connectivity index (χ1n) is 11.1. The molecule has 34 heavy (non-hydrogen) atoms. The van der Waals surface area contributed by atoms with Crippen molar-refractivity contribution in [1.29, 1.82) is 0 Å². The van der Waals surface area contributed by atoms with Crippen molar-refractivity contribution >= 4 is 50.7 Å². The third-order valence-corrected chi connectivity index (χ3v) is 7.13. The van der Waals surface area contributed by atoms with E-state index in [2.05, 4.69) is 30.9 Å². The van der Waals surface area contributed by atoms with Gasteiger partial charge in [-0.1, -0.05) is 30.3 Å². The number of nitrogens with one attached hydrogen (secondary N) is 3. The van der Waals surface area contributed by atoms with Crippen LogP contribution >= 0.6 is 11.3 Å². The van der Waals surface area contributed by atoms with E-state index in [1.165, 1.54) is 22.6 Å². The molecule has 1 aromatic carbocycles. The minimum absolute atomic E-state index is 0.0688. The first-order chi connectivity index (χ1) is 16.7. The Balaban J connectivity index is 1.40. The van der Waals surface area contributed by atoms with Crippen molar-refractivity contribution in [2.75, 3.05) is 23.3 Å². The summed E-state index contributed by atoms with van der Waals surface area (Å²) in [5.41, 5.74) is 2.77. The highest BCUT2D eigenvalue weighted by Crippen LogP contribution is 2.45. The second-order valence-corrected chi connectivity index (χ2v) is 9.23. The monoisotopic (exact) mass is 471 g/mol. The molecule has 10 heteroatoms. The van der Waals surface area contributed by atoms with Crippen LogP contribution in [0.2, 0.25) is 0 Å². The fraction of sp³-hybridized carbons (Fsp3) is 0.208. The normalized spacial score (nSPS) is 17.5. The number of benzene rings is 1. The lowest BCUT2D eigenvalue weighted by Crippen LogP contribution is -2.45. The third-order valence-electron chi connectivity index (χ3n) is 6.04. The Bertz CT molecular complexity index is 1400. The third kappa shape index (κ3) is 3.57. The summed E-state index contributed by atoms with van der Waals surface area (Å²) in [6.45, 7) is 1.71. The molecule has 2 aliphatic heterocycles. The lowest BCUT2D eigenvalue weighted by atomic mass is 10.1. The Morgan fingerprint density at radius 3 is 2.85 bits per heavy atom. The van der Waals surface area contributed by atoms with Gasteiger partial charge in [-0.05, 0) is 25.5 Å². The van der Waals surface area contributed by atoms with Gasteiger partial charge in [-0.3, -0.25) is 4.79 Å². The van der Waals surface area contributed by atoms with Crippen LogP contribution < -0.4 is 20.9 Å². The number of hydrogen-bond acceptors (Lipinski definition) is 7. The van der Waals surface area contributed by atoms with Crippen LogP contribution in [0.25, 0.3) is 21.5 Å². The number of pyridine rings is 1. The van der Waals surface area contributed by atoms with Gasteiger partial charge in [0.2, 0.25) is 0 Å². The number of amides is 3. The maximum atomic E-state index is 13.3. The number of thiophene rings is 1. The molecule has 4 aromatic rings. The van der Waals surface area contributed by atoms with Gasteiger partial charge in [0.05, 0.1) is 22.5 Å². The summed E-state index contributed by atoms with van der Waals surface area (Å²) < 4.78 is 0. The van der Waals surface area contributed by atoms with Crippen LogP contribution in [0.3, 0.4) is 0 Å². The van der Waals surface area contributed by atoms with Crippen LogP contribution in [0.5, 0.6) is 0 Å². The molecule has 170 valence electrons. The molecular weight excluding hydrogens is 450 g/mol. The molecule has 2 aliphatic rings. The van der Waals surface area contributed by atoms with Crippen molar-refractivity contribution < 1.29 is 9.59 Å². The highest BCUT2D eigenvalue weighted by atomic mass is 32.1. The number of rotatable bonds is 4. The van der Waals surface area contributed by atoms with Gasteiger partial charge in [-0.15, -0.1) is 11.3 Å². The van der Waals surface area contributed by atoms with Crippen molar-refractivity contribution in [3.8, 4) is 11.3 Å². The molecule has 0 saturated carbocycles. The predicted molar refractivity (Wildman–Crippen MR) is 132 cm³/mol. The molecule has 9 nitrogen and oxygen atoms in total. The highest BCUT2D eigenvalue weighted by Gasteiger charge is 2.34. The molecule has 0 radical (unpaired) electrons. The Labute approximate surface area is 199 Å². The minimum Gasteiger partial charge on any atom is -0.347 e. The number of nitrogens with zero attached hydrogens (tertiary/aromatic N) is 4. The smallest absolute Gasteiger partial charge is 0.332 e. The van der Waals surface area contributed by atoms with Crippen molar-refractivity contribution in [2.24, 2.45) is 0 Å². The summed E-state index contributed by atoms with van der Waals surface area (Å²) in [6, 6.07) is 13.0. The summed E-state index contributed by atoms with van der Waals surface area (Å²) in [7, 11) is 0. The topological polar surface area (TPSA) is 112 Å². The fourth-order valence-electron chi connectivity index (χ4n) is 4.43. The number of aromatic nitrogens is 3. The molecule has 3 aromatic heterocycles. The number of anilines is 3. The summed E-state index contributed by atoms with van der Waals surface area (Å²) in [4.78, 5) is 42.3. The van der Waals surface area contributed by atoms with E-state index in [-0.39, 0.29) is 18.0 Å². The van der Waals surface area contributed by atoms with Crippen LogP contribution in [0.1, 0.15) is 22.5 Å². The molecule has 0 spiro atoms. The lowest BCUT2D eigenvalue weighted by molar-refractivity contribution is 0.0935. The van der Waals surface area contributed by atoms with E-state index in [0.717, 1.165) is 36.9 Å². The molecule has 3 amide bonds. The number of carbonyl (C=O) groups excluding carboxylic acids is 2. The molecule has 1 fully saturated rings. The van der Waals surface area contributed by atoms with E-state index < -0.39 is 0 Å². The van der Waals surface area contributed by atoms with Gasteiger partial charge in [-0.25, -0.2) is 24.6 Å². The Kier molecular flexibility index (Phi) is 5.16. The van der Waals surface area contributed by atoms with Gasteiger partial charge in [0.25, 0.3) is 5.91 Å². The molecule has 1 atom stereocenters. The zero-order chi connectivity index (χ0) is 23.1. The second kappa shape index (κ2) is 8.47. The molecule has 6 rings (SSSR count). The van der Waals surface area contributed by atoms with Crippen LogP contribution in [0.15, 0.2) is 55.0 Å². The standard InChI is InChI=1S/C24H21N7O2S/c32-22(29-15-7-4-9-25-12-15)21-20-19-17(8-10-26-23(19)34-21)31(24(33)30-20)18-11-16(27-13-28-18)14-5-2-1-3-6-14/h1-3,5-6,8,10-11,13,15,25H,4,7,9,12H2,(H,29,32)(H,30,33). The summed E-state index contributed by atoms with van der Waals surface area (Å²) in [5.74, 6) is 0.245. The lowest BCUT2D eigenvalue weighted by Gasteiger charge is -2.28. The zero-order valence-corrected chi connectivity index (χ0v) is 18.9. The largest absolute Gasteiger partial charge is 0.347 e. The van der Waals surface area contributed by atoms with Gasteiger partial charge < -0.3 is 16.0 Å². The number of urea groups is 1. The first kappa shape index (κ1) is 20.7. The molecule has 1 saturated heterocycles. The number of hydrogen-bond donors (Lipinski definition) is 3. The van der Waals surface area contributed by atoms with Gasteiger partial charge in [0, 0.05) is 30.4 Å². The van der Waals surface area contributed by atoms with Crippen LogP contribution in [0, 0.1) is 0 Å². The maximum Gasteiger partial charge on any atom is 0.332 e. The van der Waals surface area contributed by atoms with Crippen molar-refractivity contribution in [2.45, 2.75) is 18.9 Å². The van der Waals surface area contributed by atoms with E-state index in [0.29, 0.717) is 32.6 Å². The van der Waals surface area contributed by atoms with E-state index in [9.17, 15) is 9.59 Å². The quantitative estimate of drug-likeness (QED) is 0.416. The van der Waals surface area contributed by atoms with Crippen LogP contribution in [-0.2, 0) is 0 Å².